The monoisotopic (exact) mass is 537 g/mol. The number of nitrogens with zero attached hydrogens (tertiary/aromatic N) is 3. The average Bonchev–Trinajstić information content (AvgIpc) is 3.14. The number of fused-ring (bicyclic) bond motifs is 2. The van der Waals surface area contributed by atoms with Crippen molar-refractivity contribution in [2.75, 3.05) is 0 Å². The number of hydrogen-bond donors (Lipinski definition) is 0. The third kappa shape index (κ3) is 4.81. The lowest BCUT2D eigenvalue weighted by molar-refractivity contribution is -0.155. The highest BCUT2D eigenvalue weighted by molar-refractivity contribution is 14.1. The standard InChI is InChI=1S/C24H32IN3O3/c1-14(2)21-20(25)16-11-15-13-26-28(22(30)23(3,4)5)17(15)12-18(16)27(21)10-9-19(29)31-24(6,7)8/h11-14H,9-10H2,1-8H3. The third-order valence-electron chi connectivity index (χ3n) is 5.07. The molecule has 168 valence electrons. The van der Waals surface area contributed by atoms with E-state index in [9.17, 15) is 9.59 Å². The van der Waals surface area contributed by atoms with Crippen molar-refractivity contribution in [3.05, 3.63) is 27.6 Å². The van der Waals surface area contributed by atoms with Crippen molar-refractivity contribution < 1.29 is 14.3 Å². The van der Waals surface area contributed by atoms with Gasteiger partial charge in [0, 0.05) is 32.0 Å². The van der Waals surface area contributed by atoms with Gasteiger partial charge in [0.15, 0.2) is 0 Å². The zero-order valence-corrected chi connectivity index (χ0v) is 21.8. The summed E-state index contributed by atoms with van der Waals surface area (Å²) in [6.07, 6.45) is 2.04. The van der Waals surface area contributed by atoms with Gasteiger partial charge in [-0.05, 0) is 61.4 Å². The molecule has 3 rings (SSSR count). The van der Waals surface area contributed by atoms with Crippen molar-refractivity contribution in [3.63, 3.8) is 0 Å². The molecule has 0 aliphatic carbocycles. The van der Waals surface area contributed by atoms with E-state index in [1.54, 1.807) is 6.20 Å². The fraction of sp³-hybridized carbons (Fsp3) is 0.542. The first-order valence-electron chi connectivity index (χ1n) is 10.7. The second-order valence-corrected chi connectivity index (χ2v) is 11.5. The molecule has 3 aromatic rings. The Balaban J connectivity index is 2.14. The molecular weight excluding hydrogens is 505 g/mol. The molecule has 2 aromatic heterocycles. The van der Waals surface area contributed by atoms with E-state index >= 15 is 0 Å². The fourth-order valence-corrected chi connectivity index (χ4v) is 5.08. The van der Waals surface area contributed by atoms with Crippen LogP contribution in [0.4, 0.5) is 0 Å². The second-order valence-electron chi connectivity index (χ2n) is 10.4. The van der Waals surface area contributed by atoms with Crippen LogP contribution in [0.3, 0.4) is 0 Å². The van der Waals surface area contributed by atoms with E-state index in [-0.39, 0.29) is 24.2 Å². The van der Waals surface area contributed by atoms with Crippen LogP contribution in [-0.2, 0) is 16.1 Å². The molecule has 7 heteroatoms. The first-order valence-corrected chi connectivity index (χ1v) is 11.7. The van der Waals surface area contributed by atoms with Gasteiger partial charge in [0.2, 0.25) is 0 Å². The minimum absolute atomic E-state index is 0.0486. The van der Waals surface area contributed by atoms with E-state index in [1.165, 1.54) is 13.9 Å². The number of ether oxygens (including phenoxy) is 1. The molecule has 0 aliphatic heterocycles. The van der Waals surface area contributed by atoms with Crippen LogP contribution < -0.4 is 0 Å². The number of esters is 1. The average molecular weight is 537 g/mol. The van der Waals surface area contributed by atoms with Gasteiger partial charge in [0.05, 0.1) is 23.7 Å². The van der Waals surface area contributed by atoms with Crippen LogP contribution in [0.15, 0.2) is 18.3 Å². The van der Waals surface area contributed by atoms with Crippen LogP contribution in [-0.4, -0.2) is 31.8 Å². The summed E-state index contributed by atoms with van der Waals surface area (Å²) in [4.78, 5) is 25.3. The molecule has 31 heavy (non-hydrogen) atoms. The number of halogens is 1. The molecule has 6 nitrogen and oxygen atoms in total. The lowest BCUT2D eigenvalue weighted by Gasteiger charge is -2.20. The highest BCUT2D eigenvalue weighted by Crippen LogP contribution is 2.35. The molecule has 0 atom stereocenters. The smallest absolute Gasteiger partial charge is 0.308 e. The Morgan fingerprint density at radius 3 is 2.29 bits per heavy atom. The highest BCUT2D eigenvalue weighted by atomic mass is 127. The molecule has 0 saturated heterocycles. The number of aryl methyl sites for hydroxylation is 1. The van der Waals surface area contributed by atoms with E-state index in [0.29, 0.717) is 6.54 Å². The predicted molar refractivity (Wildman–Crippen MR) is 133 cm³/mol. The Morgan fingerprint density at radius 2 is 1.74 bits per heavy atom. The topological polar surface area (TPSA) is 66.1 Å². The third-order valence-corrected chi connectivity index (χ3v) is 6.20. The van der Waals surface area contributed by atoms with Crippen LogP contribution in [0, 0.1) is 8.99 Å². The summed E-state index contributed by atoms with van der Waals surface area (Å²) in [5.74, 6) is 0.0225. The van der Waals surface area contributed by atoms with E-state index in [0.717, 1.165) is 21.8 Å². The lowest BCUT2D eigenvalue weighted by atomic mass is 9.96. The normalized spacial score (nSPS) is 12.8. The SMILES string of the molecule is CC(C)c1c(I)c2cc3cnn(C(=O)C(C)(C)C)c3cc2n1CCC(=O)OC(C)(C)C. The van der Waals surface area contributed by atoms with E-state index in [2.05, 4.69) is 52.2 Å². The summed E-state index contributed by atoms with van der Waals surface area (Å²) in [5.41, 5.74) is 1.94. The Labute approximate surface area is 197 Å². The van der Waals surface area contributed by atoms with Gasteiger partial charge < -0.3 is 9.30 Å². The van der Waals surface area contributed by atoms with Gasteiger partial charge in [-0.1, -0.05) is 34.6 Å². The summed E-state index contributed by atoms with van der Waals surface area (Å²) in [7, 11) is 0. The number of carbonyl (C=O) groups is 2. The Morgan fingerprint density at radius 1 is 1.10 bits per heavy atom. The van der Waals surface area contributed by atoms with E-state index < -0.39 is 11.0 Å². The van der Waals surface area contributed by atoms with E-state index in [4.69, 9.17) is 4.74 Å². The lowest BCUT2D eigenvalue weighted by Crippen LogP contribution is -2.27. The first-order chi connectivity index (χ1) is 14.2. The van der Waals surface area contributed by atoms with Gasteiger partial charge in [-0.3, -0.25) is 9.59 Å². The van der Waals surface area contributed by atoms with Crippen LogP contribution in [0.2, 0.25) is 0 Å². The largest absolute Gasteiger partial charge is 0.460 e. The summed E-state index contributed by atoms with van der Waals surface area (Å²) >= 11 is 2.39. The second kappa shape index (κ2) is 8.22. The van der Waals surface area contributed by atoms with Gasteiger partial charge in [-0.2, -0.15) is 9.78 Å². The molecule has 0 saturated carbocycles. The first kappa shape index (κ1) is 23.8. The van der Waals surface area contributed by atoms with Crippen molar-refractivity contribution in [2.24, 2.45) is 5.41 Å². The number of carbonyl (C=O) groups excluding carboxylic acids is 2. The van der Waals surface area contributed by atoms with Gasteiger partial charge in [0.25, 0.3) is 5.91 Å². The molecule has 0 unspecified atom stereocenters. The maximum Gasteiger partial charge on any atom is 0.308 e. The maximum absolute atomic E-state index is 12.9. The quantitative estimate of drug-likeness (QED) is 0.297. The Bertz CT molecular complexity index is 1160. The molecule has 0 fully saturated rings. The van der Waals surface area contributed by atoms with Gasteiger partial charge in [-0.25, -0.2) is 0 Å². The van der Waals surface area contributed by atoms with Crippen molar-refractivity contribution in [1.29, 1.82) is 0 Å². The van der Waals surface area contributed by atoms with Crippen LogP contribution in [0.1, 0.15) is 78.2 Å². The molecule has 0 amide bonds. The van der Waals surface area contributed by atoms with Crippen molar-refractivity contribution in [3.8, 4) is 0 Å². The van der Waals surface area contributed by atoms with Crippen LogP contribution in [0.5, 0.6) is 0 Å². The van der Waals surface area contributed by atoms with Gasteiger partial charge >= 0.3 is 5.97 Å². The zero-order valence-electron chi connectivity index (χ0n) is 19.7. The molecule has 0 aliphatic rings. The Hall–Kier alpha value is -1.90. The zero-order chi connectivity index (χ0) is 23.3. The number of benzene rings is 1. The predicted octanol–water partition coefficient (Wildman–Crippen LogP) is 6.14. The van der Waals surface area contributed by atoms with E-state index in [1.807, 2.05) is 47.6 Å². The fourth-order valence-electron chi connectivity index (χ4n) is 3.73. The molecule has 0 radical (unpaired) electrons. The minimum Gasteiger partial charge on any atom is -0.460 e. The summed E-state index contributed by atoms with van der Waals surface area (Å²) < 4.78 is 10.4. The molecule has 0 bridgehead atoms. The summed E-state index contributed by atoms with van der Waals surface area (Å²) in [5, 5.41) is 6.42. The highest BCUT2D eigenvalue weighted by Gasteiger charge is 2.27. The molecule has 0 spiro atoms. The Kier molecular flexibility index (Phi) is 6.30. The molecule has 0 N–H and O–H groups in total. The van der Waals surface area contributed by atoms with Crippen LogP contribution >= 0.6 is 22.6 Å². The number of rotatable bonds is 4. The van der Waals surface area contributed by atoms with Crippen molar-refractivity contribution in [1.82, 2.24) is 14.3 Å². The maximum atomic E-state index is 12.9. The van der Waals surface area contributed by atoms with Crippen LogP contribution in [0.25, 0.3) is 21.8 Å². The summed E-state index contributed by atoms with van der Waals surface area (Å²) in [6.45, 7) is 16.2. The minimum atomic E-state index is -0.538. The molecular formula is C24H32IN3O3. The number of aromatic nitrogens is 3. The molecule has 1 aromatic carbocycles. The van der Waals surface area contributed by atoms with Crippen molar-refractivity contribution >= 4 is 56.3 Å². The summed E-state index contributed by atoms with van der Waals surface area (Å²) in [6, 6.07) is 4.13. The van der Waals surface area contributed by atoms with Gasteiger partial charge in [0.1, 0.15) is 5.60 Å². The molecule has 2 heterocycles. The van der Waals surface area contributed by atoms with Crippen molar-refractivity contribution in [2.45, 2.75) is 79.9 Å². The number of hydrogen-bond acceptors (Lipinski definition) is 4. The van der Waals surface area contributed by atoms with Gasteiger partial charge in [-0.15, -0.1) is 0 Å².